The van der Waals surface area contributed by atoms with Crippen LogP contribution >= 0.6 is 34.8 Å². The number of ether oxygens (including phenoxy) is 1. The fourth-order valence-corrected chi connectivity index (χ4v) is 2.26. The van der Waals surface area contributed by atoms with Crippen LogP contribution in [0, 0.1) is 10.5 Å². The normalized spacial score (nSPS) is 9.95. The van der Waals surface area contributed by atoms with Crippen molar-refractivity contribution in [2.45, 2.75) is 6.92 Å². The van der Waals surface area contributed by atoms with Crippen molar-refractivity contribution in [1.82, 2.24) is 10.3 Å². The number of carbonyl (C=O) groups excluding carboxylic acids is 1. The summed E-state index contributed by atoms with van der Waals surface area (Å²) >= 11 is 7.35. The molecule has 0 saturated heterocycles. The summed E-state index contributed by atoms with van der Waals surface area (Å²) in [7, 11) is 1.51. The quantitative estimate of drug-likeness (QED) is 0.582. The van der Waals surface area contributed by atoms with Crippen molar-refractivity contribution in [3.8, 4) is 5.75 Å². The van der Waals surface area contributed by atoms with Gasteiger partial charge in [0.2, 0.25) is 0 Å². The van der Waals surface area contributed by atoms with Crippen LogP contribution in [0.2, 0.25) is 0 Å². The molecule has 0 fully saturated rings. The number of rotatable bonds is 3. The molecule has 0 aliphatic carbocycles. The smallest absolute Gasteiger partial charge is 0.261 e. The minimum atomic E-state index is -0.336. The Kier molecular flexibility index (Phi) is 5.67. The van der Waals surface area contributed by atoms with Gasteiger partial charge in [-0.1, -0.05) is 12.1 Å². The number of hydrogen-bond acceptors (Lipinski definition) is 4. The maximum absolute atomic E-state index is 12.2. The van der Waals surface area contributed by atoms with Gasteiger partial charge in [0.05, 0.1) is 18.4 Å². The fourth-order valence-electron chi connectivity index (χ4n) is 1.76. The third kappa shape index (κ3) is 4.14. The summed E-state index contributed by atoms with van der Waals surface area (Å²) in [6.45, 7) is 1.91. The van der Waals surface area contributed by atoms with Crippen molar-refractivity contribution in [2.24, 2.45) is 0 Å². The van der Waals surface area contributed by atoms with E-state index in [2.05, 4.69) is 38.2 Å². The summed E-state index contributed by atoms with van der Waals surface area (Å²) < 4.78 is 6.22. The highest BCUT2D eigenvalue weighted by Crippen LogP contribution is 2.17. The molecule has 2 aromatic rings. The summed E-state index contributed by atoms with van der Waals surface area (Å²) in [5, 5.41) is 5.69. The predicted molar refractivity (Wildman–Crippen MR) is 98.4 cm³/mol. The Balaban J connectivity index is 2.05. The summed E-state index contributed by atoms with van der Waals surface area (Å²) in [6, 6.07) is 10.7. The summed E-state index contributed by atoms with van der Waals surface area (Å²) in [5.41, 5.74) is 1.31. The van der Waals surface area contributed by atoms with Crippen LogP contribution in [0.5, 0.6) is 5.75 Å². The number of methoxy groups -OCH3 is 1. The van der Waals surface area contributed by atoms with E-state index in [0.717, 1.165) is 9.26 Å². The van der Waals surface area contributed by atoms with Gasteiger partial charge in [-0.05, 0) is 66.0 Å². The zero-order chi connectivity index (χ0) is 16.1. The molecule has 0 spiro atoms. The van der Waals surface area contributed by atoms with Crippen LogP contribution < -0.4 is 15.4 Å². The third-order valence-corrected chi connectivity index (χ3v) is 4.19. The molecular formula is C15H14IN3O2S. The maximum Gasteiger partial charge on any atom is 0.261 e. The molecule has 7 heteroatoms. The lowest BCUT2D eigenvalue weighted by molar-refractivity contribution is 0.0975. The highest BCUT2D eigenvalue weighted by molar-refractivity contribution is 14.1. The van der Waals surface area contributed by atoms with E-state index in [-0.39, 0.29) is 11.0 Å². The molecule has 0 atom stereocenters. The van der Waals surface area contributed by atoms with Crippen LogP contribution in [0.4, 0.5) is 5.82 Å². The molecule has 22 heavy (non-hydrogen) atoms. The van der Waals surface area contributed by atoms with Gasteiger partial charge < -0.3 is 10.1 Å². The molecular weight excluding hydrogens is 413 g/mol. The van der Waals surface area contributed by atoms with Gasteiger partial charge in [0.15, 0.2) is 5.11 Å². The first kappa shape index (κ1) is 16.6. The van der Waals surface area contributed by atoms with Crippen LogP contribution in [-0.4, -0.2) is 23.1 Å². The van der Waals surface area contributed by atoms with Crippen LogP contribution in [0.25, 0.3) is 0 Å². The van der Waals surface area contributed by atoms with E-state index < -0.39 is 0 Å². The van der Waals surface area contributed by atoms with Gasteiger partial charge in [0.25, 0.3) is 5.91 Å². The molecule has 0 radical (unpaired) electrons. The monoisotopic (exact) mass is 427 g/mol. The van der Waals surface area contributed by atoms with Gasteiger partial charge in [-0.3, -0.25) is 10.1 Å². The van der Waals surface area contributed by atoms with Crippen LogP contribution in [0.1, 0.15) is 16.1 Å². The number of thiocarbonyl (C=S) groups is 1. The van der Waals surface area contributed by atoms with Gasteiger partial charge in [0, 0.05) is 3.57 Å². The second kappa shape index (κ2) is 7.50. The van der Waals surface area contributed by atoms with Crippen molar-refractivity contribution in [3.05, 3.63) is 51.2 Å². The van der Waals surface area contributed by atoms with Gasteiger partial charge in [0.1, 0.15) is 11.6 Å². The van der Waals surface area contributed by atoms with E-state index in [1.807, 2.05) is 13.0 Å². The van der Waals surface area contributed by atoms with E-state index >= 15 is 0 Å². The number of anilines is 1. The van der Waals surface area contributed by atoms with E-state index in [4.69, 9.17) is 17.0 Å². The lowest BCUT2D eigenvalue weighted by Gasteiger charge is -2.11. The first-order valence-electron chi connectivity index (χ1n) is 6.39. The molecule has 2 N–H and O–H groups in total. The van der Waals surface area contributed by atoms with Crippen LogP contribution in [0.3, 0.4) is 0 Å². The SMILES string of the molecule is COc1ccccc1C(=O)NC(=S)Nc1ccc(I)c(C)n1. The Morgan fingerprint density at radius 1 is 1.27 bits per heavy atom. The van der Waals surface area contributed by atoms with Crippen LogP contribution in [0.15, 0.2) is 36.4 Å². The molecule has 0 saturated carbocycles. The van der Waals surface area contributed by atoms with Crippen molar-refractivity contribution in [2.75, 3.05) is 12.4 Å². The first-order chi connectivity index (χ1) is 10.5. The number of nitrogens with one attached hydrogen (secondary N) is 2. The number of amides is 1. The highest BCUT2D eigenvalue weighted by atomic mass is 127. The molecule has 0 unspecified atom stereocenters. The highest BCUT2D eigenvalue weighted by Gasteiger charge is 2.13. The summed E-state index contributed by atoms with van der Waals surface area (Å²) in [6.07, 6.45) is 0. The van der Waals surface area contributed by atoms with E-state index in [1.165, 1.54) is 7.11 Å². The Morgan fingerprint density at radius 2 is 2.00 bits per heavy atom. The Morgan fingerprint density at radius 3 is 2.68 bits per heavy atom. The Labute approximate surface area is 147 Å². The van der Waals surface area contributed by atoms with Crippen molar-refractivity contribution in [3.63, 3.8) is 0 Å². The van der Waals surface area contributed by atoms with Gasteiger partial charge in [-0.2, -0.15) is 0 Å². The molecule has 0 aliphatic rings. The second-order valence-corrected chi connectivity index (χ2v) is 5.94. The summed E-state index contributed by atoms with van der Waals surface area (Å²) in [4.78, 5) is 16.6. The third-order valence-electron chi connectivity index (χ3n) is 2.84. The molecule has 0 bridgehead atoms. The Bertz CT molecular complexity index is 722. The van der Waals surface area contributed by atoms with E-state index in [1.54, 1.807) is 30.3 Å². The maximum atomic E-state index is 12.2. The average Bonchev–Trinajstić information content (AvgIpc) is 2.50. The number of nitrogens with zero attached hydrogens (tertiary/aromatic N) is 1. The summed E-state index contributed by atoms with van der Waals surface area (Å²) in [5.74, 6) is 0.742. The van der Waals surface area contributed by atoms with Crippen molar-refractivity contribution >= 4 is 51.6 Å². The van der Waals surface area contributed by atoms with E-state index in [0.29, 0.717) is 17.1 Å². The topological polar surface area (TPSA) is 63.2 Å². The number of carbonyl (C=O) groups is 1. The molecule has 5 nitrogen and oxygen atoms in total. The zero-order valence-corrected chi connectivity index (χ0v) is 15.0. The molecule has 2 rings (SSSR count). The fraction of sp³-hybridized carbons (Fsp3) is 0.133. The van der Waals surface area contributed by atoms with Gasteiger partial charge in [-0.15, -0.1) is 0 Å². The number of para-hydroxylation sites is 1. The minimum Gasteiger partial charge on any atom is -0.496 e. The molecule has 1 aromatic heterocycles. The van der Waals surface area contributed by atoms with E-state index in [9.17, 15) is 4.79 Å². The number of hydrogen-bond donors (Lipinski definition) is 2. The number of pyridine rings is 1. The largest absolute Gasteiger partial charge is 0.496 e. The van der Waals surface area contributed by atoms with Gasteiger partial charge >= 0.3 is 0 Å². The number of benzene rings is 1. The Hall–Kier alpha value is -1.74. The van der Waals surface area contributed by atoms with Crippen molar-refractivity contribution in [1.29, 1.82) is 0 Å². The molecule has 1 aromatic carbocycles. The lowest BCUT2D eigenvalue weighted by Crippen LogP contribution is -2.34. The number of aromatic nitrogens is 1. The predicted octanol–water partition coefficient (Wildman–Crippen LogP) is 3.13. The van der Waals surface area contributed by atoms with Crippen LogP contribution in [-0.2, 0) is 0 Å². The average molecular weight is 427 g/mol. The standard InChI is InChI=1S/C15H14IN3O2S/c1-9-11(16)7-8-13(17-9)18-15(22)19-14(20)10-5-3-4-6-12(10)21-2/h3-8H,1-2H3,(H2,17,18,19,20,22). The second-order valence-electron chi connectivity index (χ2n) is 4.37. The molecule has 0 aliphatic heterocycles. The molecule has 1 heterocycles. The number of aryl methyl sites for hydroxylation is 1. The van der Waals surface area contributed by atoms with Crippen molar-refractivity contribution < 1.29 is 9.53 Å². The minimum absolute atomic E-state index is 0.184. The zero-order valence-electron chi connectivity index (χ0n) is 12.0. The van der Waals surface area contributed by atoms with Gasteiger partial charge in [-0.25, -0.2) is 4.98 Å². The lowest BCUT2D eigenvalue weighted by atomic mass is 10.2. The molecule has 114 valence electrons. The first-order valence-corrected chi connectivity index (χ1v) is 7.88. The molecule has 1 amide bonds. The number of halogens is 1.